The molecule has 6 nitrogen and oxygen atoms in total. The van der Waals surface area contributed by atoms with Crippen LogP contribution in [0.5, 0.6) is 5.75 Å². The molecule has 1 aromatic carbocycles. The predicted octanol–water partition coefficient (Wildman–Crippen LogP) is 3.00. The van der Waals surface area contributed by atoms with Gasteiger partial charge >= 0.3 is 5.97 Å². The summed E-state index contributed by atoms with van der Waals surface area (Å²) in [4.78, 5) is 11.8. The second kappa shape index (κ2) is 5.54. The van der Waals surface area contributed by atoms with Gasteiger partial charge in [-0.2, -0.15) is 0 Å². The summed E-state index contributed by atoms with van der Waals surface area (Å²) in [5, 5.41) is 13.0. The fraction of sp³-hybridized carbons (Fsp3) is 0.0667. The molecule has 0 aliphatic heterocycles. The van der Waals surface area contributed by atoms with Crippen molar-refractivity contribution < 1.29 is 23.6 Å². The molecule has 0 bridgehead atoms. The molecule has 106 valence electrons. The Morgan fingerprint density at radius 3 is 2.71 bits per heavy atom. The summed E-state index contributed by atoms with van der Waals surface area (Å²) in [6.07, 6.45) is 1.53. The molecule has 1 N–H and O–H groups in total. The van der Waals surface area contributed by atoms with E-state index in [-0.39, 0.29) is 12.4 Å². The zero-order valence-electron chi connectivity index (χ0n) is 10.9. The Labute approximate surface area is 119 Å². The number of hydrogen-bond acceptors (Lipinski definition) is 6. The highest BCUT2D eigenvalue weighted by molar-refractivity contribution is 5.89. The van der Waals surface area contributed by atoms with Crippen molar-refractivity contribution in [1.82, 2.24) is 5.16 Å². The molecular weight excluding hydrogens is 274 g/mol. The van der Waals surface area contributed by atoms with Crippen LogP contribution in [0.15, 0.2) is 57.7 Å². The lowest BCUT2D eigenvalue weighted by Crippen LogP contribution is -2.05. The molecule has 21 heavy (non-hydrogen) atoms. The van der Waals surface area contributed by atoms with Crippen molar-refractivity contribution in [1.29, 1.82) is 0 Å². The first kappa shape index (κ1) is 13.0. The Balaban J connectivity index is 1.62. The van der Waals surface area contributed by atoms with Crippen LogP contribution in [0.3, 0.4) is 0 Å². The Bertz CT molecular complexity index is 728. The van der Waals surface area contributed by atoms with Crippen LogP contribution in [-0.4, -0.2) is 16.2 Å². The number of nitrogens with zero attached hydrogens (tertiary/aromatic N) is 1. The van der Waals surface area contributed by atoms with E-state index in [4.69, 9.17) is 18.8 Å². The molecule has 0 saturated heterocycles. The summed E-state index contributed by atoms with van der Waals surface area (Å²) < 4.78 is 15.4. The number of rotatable bonds is 4. The summed E-state index contributed by atoms with van der Waals surface area (Å²) >= 11 is 0. The van der Waals surface area contributed by atoms with Crippen molar-refractivity contribution in [2.45, 2.75) is 6.61 Å². The first-order chi connectivity index (χ1) is 10.2. The van der Waals surface area contributed by atoms with E-state index in [2.05, 4.69) is 5.16 Å². The Morgan fingerprint density at radius 2 is 2.00 bits per heavy atom. The van der Waals surface area contributed by atoms with Crippen molar-refractivity contribution in [3.63, 3.8) is 0 Å². The fourth-order valence-corrected chi connectivity index (χ4v) is 1.74. The summed E-state index contributed by atoms with van der Waals surface area (Å²) in [6, 6.07) is 10.9. The van der Waals surface area contributed by atoms with Crippen LogP contribution in [0.25, 0.3) is 11.5 Å². The zero-order chi connectivity index (χ0) is 14.7. The van der Waals surface area contributed by atoms with E-state index in [0.717, 1.165) is 0 Å². The molecule has 0 aliphatic carbocycles. The van der Waals surface area contributed by atoms with E-state index in [1.807, 2.05) is 0 Å². The van der Waals surface area contributed by atoms with Crippen LogP contribution in [0.2, 0.25) is 0 Å². The third-order valence-corrected chi connectivity index (χ3v) is 2.78. The van der Waals surface area contributed by atoms with Crippen LogP contribution in [-0.2, 0) is 11.3 Å². The minimum atomic E-state index is -0.502. The topological polar surface area (TPSA) is 85.7 Å². The molecule has 2 aromatic heterocycles. The van der Waals surface area contributed by atoms with E-state index in [0.29, 0.717) is 22.8 Å². The molecule has 0 saturated carbocycles. The maximum absolute atomic E-state index is 11.8. The highest BCUT2D eigenvalue weighted by atomic mass is 16.5. The minimum absolute atomic E-state index is 0.0100. The number of hydrogen-bond donors (Lipinski definition) is 1. The van der Waals surface area contributed by atoms with Gasteiger partial charge in [0, 0.05) is 6.07 Å². The predicted molar refractivity (Wildman–Crippen MR) is 71.4 cm³/mol. The SMILES string of the molecule is O=C(OCc1cc(-c2ccco2)on1)c1ccc(O)cc1. The van der Waals surface area contributed by atoms with Crippen LogP contribution in [0, 0.1) is 0 Å². The van der Waals surface area contributed by atoms with E-state index in [1.54, 1.807) is 18.2 Å². The normalized spacial score (nSPS) is 10.5. The second-order valence-electron chi connectivity index (χ2n) is 4.28. The number of phenolic OH excluding ortho intramolecular Hbond substituents is 1. The number of aromatic hydroxyl groups is 1. The van der Waals surface area contributed by atoms with Gasteiger partial charge in [-0.1, -0.05) is 5.16 Å². The lowest BCUT2D eigenvalue weighted by Gasteiger charge is -2.02. The average Bonchev–Trinajstić information content (AvgIpc) is 3.16. The summed E-state index contributed by atoms with van der Waals surface area (Å²) in [5.41, 5.74) is 0.830. The van der Waals surface area contributed by atoms with Gasteiger partial charge in [0.2, 0.25) is 5.76 Å². The first-order valence-corrected chi connectivity index (χ1v) is 6.18. The summed E-state index contributed by atoms with van der Waals surface area (Å²) in [6.45, 7) is -0.0100. The molecule has 3 rings (SSSR count). The molecule has 0 fully saturated rings. The molecular formula is C15H11NO5. The molecule has 0 radical (unpaired) electrons. The van der Waals surface area contributed by atoms with E-state index in [1.165, 1.54) is 30.5 Å². The maximum atomic E-state index is 11.8. The fourth-order valence-electron chi connectivity index (χ4n) is 1.74. The molecule has 3 aromatic rings. The molecule has 0 atom stereocenters. The van der Waals surface area contributed by atoms with Gasteiger partial charge in [-0.3, -0.25) is 0 Å². The Hall–Kier alpha value is -3.02. The van der Waals surface area contributed by atoms with E-state index < -0.39 is 5.97 Å². The number of carbonyl (C=O) groups is 1. The largest absolute Gasteiger partial charge is 0.508 e. The van der Waals surface area contributed by atoms with Gasteiger partial charge in [0.05, 0.1) is 11.8 Å². The Kier molecular flexibility index (Phi) is 3.42. The molecule has 0 amide bonds. The van der Waals surface area contributed by atoms with Crippen molar-refractivity contribution in [3.8, 4) is 17.3 Å². The number of furan rings is 1. The van der Waals surface area contributed by atoms with Gasteiger partial charge in [-0.15, -0.1) is 0 Å². The van der Waals surface area contributed by atoms with Crippen LogP contribution in [0.1, 0.15) is 16.1 Å². The van der Waals surface area contributed by atoms with E-state index in [9.17, 15) is 4.79 Å². The molecule has 6 heteroatoms. The number of phenols is 1. The van der Waals surface area contributed by atoms with Gasteiger partial charge in [0.25, 0.3) is 0 Å². The maximum Gasteiger partial charge on any atom is 0.338 e. The number of benzene rings is 1. The average molecular weight is 285 g/mol. The van der Waals surface area contributed by atoms with Gasteiger partial charge in [-0.05, 0) is 36.4 Å². The number of esters is 1. The highest BCUT2D eigenvalue weighted by Crippen LogP contribution is 2.21. The standard InChI is InChI=1S/C15H11NO5/c17-12-5-3-10(4-6-12)15(18)20-9-11-8-14(21-16-11)13-2-1-7-19-13/h1-8,17H,9H2. The van der Waals surface area contributed by atoms with Crippen molar-refractivity contribution >= 4 is 5.97 Å². The number of aromatic nitrogens is 1. The van der Waals surface area contributed by atoms with Gasteiger partial charge in [0.15, 0.2) is 5.76 Å². The van der Waals surface area contributed by atoms with Crippen LogP contribution >= 0.6 is 0 Å². The second-order valence-corrected chi connectivity index (χ2v) is 4.28. The summed E-state index contributed by atoms with van der Waals surface area (Å²) in [7, 11) is 0. The van der Waals surface area contributed by atoms with Gasteiger partial charge < -0.3 is 18.8 Å². The number of ether oxygens (including phenoxy) is 1. The lowest BCUT2D eigenvalue weighted by atomic mass is 10.2. The van der Waals surface area contributed by atoms with Gasteiger partial charge in [0.1, 0.15) is 18.1 Å². The van der Waals surface area contributed by atoms with E-state index >= 15 is 0 Å². The van der Waals surface area contributed by atoms with Gasteiger partial charge in [-0.25, -0.2) is 4.79 Å². The molecule has 0 aliphatic rings. The quantitative estimate of drug-likeness (QED) is 0.741. The molecule has 0 spiro atoms. The summed E-state index contributed by atoms with van der Waals surface area (Å²) in [5.74, 6) is 0.609. The molecule has 0 unspecified atom stereocenters. The lowest BCUT2D eigenvalue weighted by molar-refractivity contribution is 0.0464. The van der Waals surface area contributed by atoms with Crippen LogP contribution < -0.4 is 0 Å². The Morgan fingerprint density at radius 1 is 1.19 bits per heavy atom. The van der Waals surface area contributed by atoms with Crippen molar-refractivity contribution in [2.75, 3.05) is 0 Å². The third kappa shape index (κ3) is 2.94. The smallest absolute Gasteiger partial charge is 0.338 e. The minimum Gasteiger partial charge on any atom is -0.508 e. The van der Waals surface area contributed by atoms with Crippen molar-refractivity contribution in [2.24, 2.45) is 0 Å². The third-order valence-electron chi connectivity index (χ3n) is 2.78. The van der Waals surface area contributed by atoms with Crippen molar-refractivity contribution in [3.05, 3.63) is 60.0 Å². The monoisotopic (exact) mass is 285 g/mol. The first-order valence-electron chi connectivity index (χ1n) is 6.18. The highest BCUT2D eigenvalue weighted by Gasteiger charge is 2.12. The van der Waals surface area contributed by atoms with Crippen LogP contribution in [0.4, 0.5) is 0 Å². The molecule has 2 heterocycles. The zero-order valence-corrected chi connectivity index (χ0v) is 10.9. The number of carbonyl (C=O) groups excluding carboxylic acids is 1.